The van der Waals surface area contributed by atoms with E-state index in [1.807, 2.05) is 0 Å². The Bertz CT molecular complexity index is 310. The summed E-state index contributed by atoms with van der Waals surface area (Å²) in [5.41, 5.74) is -0.811. The standard InChI is InChI=1S/C10H16O6/c1-10(2)3-4(8(13)14)5(9(15)16)6(11)7(10)12/h4-7,11-12H,3H2,1-2H3,(H,13,14)(H,15,16)/t4-,5+,6+,7+/m0/s1. The van der Waals surface area contributed by atoms with Gasteiger partial charge in [-0.25, -0.2) is 0 Å². The van der Waals surface area contributed by atoms with Gasteiger partial charge in [-0.3, -0.25) is 9.59 Å². The molecule has 1 rings (SSSR count). The summed E-state index contributed by atoms with van der Waals surface area (Å²) in [4.78, 5) is 21.9. The highest BCUT2D eigenvalue weighted by Crippen LogP contribution is 2.42. The van der Waals surface area contributed by atoms with Gasteiger partial charge in [-0.2, -0.15) is 0 Å². The predicted molar refractivity (Wildman–Crippen MR) is 52.7 cm³/mol. The smallest absolute Gasteiger partial charge is 0.310 e. The van der Waals surface area contributed by atoms with Crippen molar-refractivity contribution in [3.63, 3.8) is 0 Å². The summed E-state index contributed by atoms with van der Waals surface area (Å²) in [5.74, 6) is -5.28. The Morgan fingerprint density at radius 1 is 1.12 bits per heavy atom. The summed E-state index contributed by atoms with van der Waals surface area (Å²) in [6.07, 6.45) is -2.76. The molecule has 16 heavy (non-hydrogen) atoms. The van der Waals surface area contributed by atoms with Gasteiger partial charge in [-0.15, -0.1) is 0 Å². The maximum Gasteiger partial charge on any atom is 0.310 e. The zero-order valence-electron chi connectivity index (χ0n) is 9.12. The van der Waals surface area contributed by atoms with Crippen molar-refractivity contribution >= 4 is 11.9 Å². The molecule has 6 heteroatoms. The molecule has 1 saturated carbocycles. The Balaban J connectivity index is 3.08. The number of carbonyl (C=O) groups is 2. The van der Waals surface area contributed by atoms with Gasteiger partial charge in [0, 0.05) is 0 Å². The van der Waals surface area contributed by atoms with Crippen LogP contribution in [0.15, 0.2) is 0 Å². The van der Waals surface area contributed by atoms with Gasteiger partial charge in [0.15, 0.2) is 0 Å². The van der Waals surface area contributed by atoms with Crippen LogP contribution in [0.4, 0.5) is 0 Å². The molecule has 0 spiro atoms. The summed E-state index contributed by atoms with van der Waals surface area (Å²) in [6.45, 7) is 3.21. The van der Waals surface area contributed by atoms with Gasteiger partial charge in [-0.05, 0) is 11.8 Å². The van der Waals surface area contributed by atoms with Crippen LogP contribution < -0.4 is 0 Å². The Labute approximate surface area is 92.5 Å². The second-order valence-corrected chi connectivity index (χ2v) is 4.94. The third kappa shape index (κ3) is 2.03. The van der Waals surface area contributed by atoms with Crippen molar-refractivity contribution in [2.45, 2.75) is 32.5 Å². The monoisotopic (exact) mass is 232 g/mol. The molecule has 0 radical (unpaired) electrons. The highest BCUT2D eigenvalue weighted by molar-refractivity contribution is 5.81. The van der Waals surface area contributed by atoms with E-state index in [1.165, 1.54) is 0 Å². The fourth-order valence-corrected chi connectivity index (χ4v) is 2.27. The quantitative estimate of drug-likeness (QED) is 0.512. The van der Waals surface area contributed by atoms with Crippen molar-refractivity contribution < 1.29 is 30.0 Å². The van der Waals surface area contributed by atoms with E-state index in [9.17, 15) is 19.8 Å². The first-order valence-corrected chi connectivity index (χ1v) is 5.00. The van der Waals surface area contributed by atoms with Crippen molar-refractivity contribution in [3.05, 3.63) is 0 Å². The number of aliphatic carboxylic acids is 2. The van der Waals surface area contributed by atoms with E-state index in [0.717, 1.165) is 0 Å². The number of aliphatic hydroxyl groups is 2. The van der Waals surface area contributed by atoms with Crippen molar-refractivity contribution in [3.8, 4) is 0 Å². The lowest BCUT2D eigenvalue weighted by atomic mass is 9.64. The first kappa shape index (κ1) is 12.9. The molecule has 0 aromatic heterocycles. The highest BCUT2D eigenvalue weighted by atomic mass is 16.4. The van der Waals surface area contributed by atoms with Crippen LogP contribution in [0.5, 0.6) is 0 Å². The number of carboxylic acids is 2. The van der Waals surface area contributed by atoms with Crippen LogP contribution in [-0.4, -0.2) is 44.6 Å². The lowest BCUT2D eigenvalue weighted by Crippen LogP contribution is -2.56. The molecule has 0 bridgehead atoms. The Morgan fingerprint density at radius 3 is 2.00 bits per heavy atom. The van der Waals surface area contributed by atoms with Crippen LogP contribution in [0.3, 0.4) is 0 Å². The summed E-state index contributed by atoms with van der Waals surface area (Å²) in [6, 6.07) is 0. The van der Waals surface area contributed by atoms with Crippen molar-refractivity contribution in [2.24, 2.45) is 17.3 Å². The van der Waals surface area contributed by atoms with Gasteiger partial charge >= 0.3 is 11.9 Å². The zero-order valence-corrected chi connectivity index (χ0v) is 9.12. The van der Waals surface area contributed by atoms with Crippen molar-refractivity contribution in [2.75, 3.05) is 0 Å². The SMILES string of the molecule is CC1(C)C[C@H](C(=O)O)[C@@H](C(=O)O)[C@@H](O)[C@H]1O. The summed E-state index contributed by atoms with van der Waals surface area (Å²) >= 11 is 0. The maximum absolute atomic E-state index is 11.0. The molecule has 0 heterocycles. The largest absolute Gasteiger partial charge is 0.481 e. The molecule has 6 nitrogen and oxygen atoms in total. The molecule has 1 fully saturated rings. The lowest BCUT2D eigenvalue weighted by molar-refractivity contribution is -0.181. The van der Waals surface area contributed by atoms with Crippen molar-refractivity contribution in [1.29, 1.82) is 0 Å². The molecule has 0 aliphatic heterocycles. The Kier molecular flexibility index (Phi) is 3.25. The van der Waals surface area contributed by atoms with Gasteiger partial charge in [0.25, 0.3) is 0 Å². The van der Waals surface area contributed by atoms with E-state index in [0.29, 0.717) is 0 Å². The van der Waals surface area contributed by atoms with Crippen LogP contribution in [0.25, 0.3) is 0 Å². The molecular formula is C10H16O6. The van der Waals surface area contributed by atoms with E-state index in [2.05, 4.69) is 0 Å². The fraction of sp³-hybridized carbons (Fsp3) is 0.800. The summed E-state index contributed by atoms with van der Waals surface area (Å²) < 4.78 is 0. The van der Waals surface area contributed by atoms with E-state index >= 15 is 0 Å². The molecule has 1 aliphatic carbocycles. The average Bonchev–Trinajstić information content (AvgIpc) is 2.12. The lowest BCUT2D eigenvalue weighted by Gasteiger charge is -2.44. The van der Waals surface area contributed by atoms with E-state index < -0.39 is 41.4 Å². The first-order chi connectivity index (χ1) is 7.18. The van der Waals surface area contributed by atoms with Gasteiger partial charge in [0.2, 0.25) is 0 Å². The Hall–Kier alpha value is -1.14. The summed E-state index contributed by atoms with van der Waals surface area (Å²) in [5, 5.41) is 37.2. The molecule has 92 valence electrons. The van der Waals surface area contributed by atoms with E-state index in [1.54, 1.807) is 13.8 Å². The number of rotatable bonds is 2. The van der Waals surface area contributed by atoms with Crippen LogP contribution in [0, 0.1) is 17.3 Å². The third-order valence-electron chi connectivity index (χ3n) is 3.27. The van der Waals surface area contributed by atoms with Crippen LogP contribution >= 0.6 is 0 Å². The molecule has 0 amide bonds. The normalized spacial score (nSPS) is 38.0. The molecule has 0 aromatic carbocycles. The van der Waals surface area contributed by atoms with Gasteiger partial charge in [0.05, 0.1) is 24.0 Å². The van der Waals surface area contributed by atoms with Crippen LogP contribution in [0.1, 0.15) is 20.3 Å². The van der Waals surface area contributed by atoms with E-state index in [-0.39, 0.29) is 6.42 Å². The molecule has 0 saturated heterocycles. The van der Waals surface area contributed by atoms with Gasteiger partial charge in [-0.1, -0.05) is 13.8 Å². The minimum absolute atomic E-state index is 0.0253. The third-order valence-corrected chi connectivity index (χ3v) is 3.27. The predicted octanol–water partition coefficient (Wildman–Crippen LogP) is -0.460. The topological polar surface area (TPSA) is 115 Å². The number of hydrogen-bond acceptors (Lipinski definition) is 4. The number of carboxylic acid groups (broad SMARTS) is 2. The molecule has 0 aromatic rings. The average molecular weight is 232 g/mol. The molecule has 1 aliphatic rings. The molecule has 4 N–H and O–H groups in total. The summed E-state index contributed by atoms with van der Waals surface area (Å²) in [7, 11) is 0. The number of aliphatic hydroxyl groups excluding tert-OH is 2. The first-order valence-electron chi connectivity index (χ1n) is 5.00. The van der Waals surface area contributed by atoms with Gasteiger partial charge < -0.3 is 20.4 Å². The second kappa shape index (κ2) is 4.03. The van der Waals surface area contributed by atoms with Gasteiger partial charge in [0.1, 0.15) is 0 Å². The maximum atomic E-state index is 11.0. The number of hydrogen-bond donors (Lipinski definition) is 4. The van der Waals surface area contributed by atoms with Crippen molar-refractivity contribution in [1.82, 2.24) is 0 Å². The van der Waals surface area contributed by atoms with Crippen LogP contribution in [0.2, 0.25) is 0 Å². The Morgan fingerprint density at radius 2 is 1.62 bits per heavy atom. The second-order valence-electron chi connectivity index (χ2n) is 4.94. The minimum atomic E-state index is -1.55. The molecule has 0 unspecified atom stereocenters. The van der Waals surface area contributed by atoms with Crippen LogP contribution in [-0.2, 0) is 9.59 Å². The minimum Gasteiger partial charge on any atom is -0.481 e. The van der Waals surface area contributed by atoms with E-state index in [4.69, 9.17) is 10.2 Å². The molecule has 4 atom stereocenters. The fourth-order valence-electron chi connectivity index (χ4n) is 2.27. The highest BCUT2D eigenvalue weighted by Gasteiger charge is 2.53. The molecular weight excluding hydrogens is 216 g/mol. The zero-order chi connectivity index (χ0) is 12.7.